The lowest BCUT2D eigenvalue weighted by molar-refractivity contribution is 1.33. The van der Waals surface area contributed by atoms with Crippen LogP contribution in [-0.4, -0.2) is 13.8 Å². The molecule has 2 rings (SSSR count). The van der Waals surface area contributed by atoms with E-state index in [0.29, 0.717) is 0 Å². The molecule has 0 saturated heterocycles. The molecule has 0 amide bonds. The average molecular weight is 212 g/mol. The third-order valence-electron chi connectivity index (χ3n) is 2.40. The van der Waals surface area contributed by atoms with E-state index in [9.17, 15) is 0 Å². The normalized spacial score (nSPS) is 10.6. The fraction of sp³-hybridized carbons (Fsp3) is 0.154. The largest absolute Gasteiger partial charge is 0.256 e. The van der Waals surface area contributed by atoms with Crippen LogP contribution in [0, 0.1) is 0 Å². The van der Waals surface area contributed by atoms with Crippen molar-refractivity contribution in [3.63, 3.8) is 0 Å². The van der Waals surface area contributed by atoms with Gasteiger partial charge in [0, 0.05) is 6.20 Å². The fourth-order valence-corrected chi connectivity index (χ4v) is 2.40. The zero-order valence-corrected chi connectivity index (χ0v) is 10.1. The maximum Gasteiger partial charge on any atom is 0.0791 e. The standard InChI is InChI=1S/C13H14NSi/c1-15(2)12-7-5-6-11(10-12)13-8-3-4-9-14-13/h3-10H,1-2H3. The van der Waals surface area contributed by atoms with E-state index in [4.69, 9.17) is 0 Å². The van der Waals surface area contributed by atoms with Gasteiger partial charge in [0.05, 0.1) is 14.5 Å². The lowest BCUT2D eigenvalue weighted by Crippen LogP contribution is -2.22. The molecule has 0 aliphatic heterocycles. The number of nitrogens with zero attached hydrogens (tertiary/aromatic N) is 1. The highest BCUT2D eigenvalue weighted by molar-refractivity contribution is 6.70. The third-order valence-corrected chi connectivity index (χ3v) is 3.87. The predicted molar refractivity (Wildman–Crippen MR) is 66.8 cm³/mol. The van der Waals surface area contributed by atoms with Crippen molar-refractivity contribution in [3.05, 3.63) is 48.7 Å². The van der Waals surface area contributed by atoms with Crippen molar-refractivity contribution in [1.82, 2.24) is 4.98 Å². The summed E-state index contributed by atoms with van der Waals surface area (Å²) in [5.74, 6) is 0. The first kappa shape index (κ1) is 10.1. The first-order valence-corrected chi connectivity index (χ1v) is 7.59. The van der Waals surface area contributed by atoms with Gasteiger partial charge in [0.2, 0.25) is 0 Å². The highest BCUT2D eigenvalue weighted by Crippen LogP contribution is 2.14. The van der Waals surface area contributed by atoms with Crippen LogP contribution in [0.4, 0.5) is 0 Å². The number of hydrogen-bond acceptors (Lipinski definition) is 1. The molecule has 1 aromatic carbocycles. The molecule has 0 fully saturated rings. The molecule has 75 valence electrons. The van der Waals surface area contributed by atoms with Gasteiger partial charge in [0.1, 0.15) is 0 Å². The van der Waals surface area contributed by atoms with Gasteiger partial charge < -0.3 is 0 Å². The van der Waals surface area contributed by atoms with Crippen molar-refractivity contribution < 1.29 is 0 Å². The van der Waals surface area contributed by atoms with Crippen LogP contribution >= 0.6 is 0 Å². The lowest BCUT2D eigenvalue weighted by atomic mass is 10.1. The van der Waals surface area contributed by atoms with Crippen LogP contribution in [-0.2, 0) is 0 Å². The number of hydrogen-bond donors (Lipinski definition) is 0. The second-order valence-electron chi connectivity index (χ2n) is 3.80. The molecule has 0 unspecified atom stereocenters. The fourth-order valence-electron chi connectivity index (χ4n) is 1.52. The molecule has 2 aromatic rings. The summed E-state index contributed by atoms with van der Waals surface area (Å²) in [4.78, 5) is 4.36. The smallest absolute Gasteiger partial charge is 0.0791 e. The van der Waals surface area contributed by atoms with Crippen molar-refractivity contribution in [2.45, 2.75) is 13.1 Å². The molecule has 0 spiro atoms. The minimum atomic E-state index is -0.369. The van der Waals surface area contributed by atoms with Crippen LogP contribution < -0.4 is 5.19 Å². The molecule has 1 radical (unpaired) electrons. The molecule has 0 saturated carbocycles. The number of benzene rings is 1. The number of pyridine rings is 1. The first-order chi connectivity index (χ1) is 7.27. The molecule has 1 nitrogen and oxygen atoms in total. The Bertz CT molecular complexity index is 437. The van der Waals surface area contributed by atoms with Gasteiger partial charge in [-0.15, -0.1) is 0 Å². The minimum absolute atomic E-state index is 0.369. The number of rotatable bonds is 2. The molecule has 1 aromatic heterocycles. The van der Waals surface area contributed by atoms with Crippen molar-refractivity contribution in [2.24, 2.45) is 0 Å². The van der Waals surface area contributed by atoms with Crippen molar-refractivity contribution in [3.8, 4) is 11.3 Å². The monoisotopic (exact) mass is 212 g/mol. The van der Waals surface area contributed by atoms with E-state index in [1.54, 1.807) is 0 Å². The van der Waals surface area contributed by atoms with E-state index in [0.717, 1.165) is 5.69 Å². The summed E-state index contributed by atoms with van der Waals surface area (Å²) in [6.07, 6.45) is 1.84. The third kappa shape index (κ3) is 2.33. The highest BCUT2D eigenvalue weighted by atomic mass is 28.3. The van der Waals surface area contributed by atoms with Crippen LogP contribution in [0.1, 0.15) is 0 Å². The Kier molecular flexibility index (Phi) is 2.97. The molecule has 0 N–H and O–H groups in total. The van der Waals surface area contributed by atoms with Crippen LogP contribution in [0.15, 0.2) is 48.7 Å². The molecule has 0 aliphatic carbocycles. The van der Waals surface area contributed by atoms with Gasteiger partial charge in [-0.05, 0) is 17.7 Å². The van der Waals surface area contributed by atoms with Crippen LogP contribution in [0.25, 0.3) is 11.3 Å². The second kappa shape index (κ2) is 4.40. The summed E-state index contributed by atoms with van der Waals surface area (Å²) in [5.41, 5.74) is 2.28. The summed E-state index contributed by atoms with van der Waals surface area (Å²) >= 11 is 0. The van der Waals surface area contributed by atoms with Crippen molar-refractivity contribution in [2.75, 3.05) is 0 Å². The van der Waals surface area contributed by atoms with Crippen LogP contribution in [0.3, 0.4) is 0 Å². The summed E-state index contributed by atoms with van der Waals surface area (Å²) in [6, 6.07) is 14.7. The Morgan fingerprint density at radius 2 is 1.87 bits per heavy atom. The second-order valence-corrected chi connectivity index (χ2v) is 6.37. The summed E-state index contributed by atoms with van der Waals surface area (Å²) in [5, 5.41) is 1.46. The molecular weight excluding hydrogens is 198 g/mol. The lowest BCUT2D eigenvalue weighted by Gasteiger charge is -2.06. The molecule has 0 aliphatic rings. The van der Waals surface area contributed by atoms with Gasteiger partial charge in [0.25, 0.3) is 0 Å². The van der Waals surface area contributed by atoms with E-state index < -0.39 is 0 Å². The topological polar surface area (TPSA) is 12.9 Å². The maximum absolute atomic E-state index is 4.36. The van der Waals surface area contributed by atoms with Crippen LogP contribution in [0.5, 0.6) is 0 Å². The molecule has 2 heteroatoms. The Morgan fingerprint density at radius 3 is 2.53 bits per heavy atom. The number of aromatic nitrogens is 1. The van der Waals surface area contributed by atoms with Gasteiger partial charge in [-0.25, -0.2) is 0 Å². The Morgan fingerprint density at radius 1 is 1.00 bits per heavy atom. The maximum atomic E-state index is 4.36. The van der Waals surface area contributed by atoms with E-state index in [1.165, 1.54) is 10.8 Å². The zero-order chi connectivity index (χ0) is 10.7. The summed E-state index contributed by atoms with van der Waals surface area (Å²) in [6.45, 7) is 4.62. The van der Waals surface area contributed by atoms with Gasteiger partial charge in [-0.2, -0.15) is 0 Å². The van der Waals surface area contributed by atoms with Gasteiger partial charge >= 0.3 is 0 Å². The first-order valence-electron chi connectivity index (χ1n) is 5.09. The zero-order valence-electron chi connectivity index (χ0n) is 9.07. The van der Waals surface area contributed by atoms with E-state index >= 15 is 0 Å². The van der Waals surface area contributed by atoms with E-state index in [2.05, 4.69) is 48.4 Å². The molecule has 1 heterocycles. The van der Waals surface area contributed by atoms with Gasteiger partial charge in [-0.1, -0.05) is 48.6 Å². The molecule has 0 atom stereocenters. The van der Waals surface area contributed by atoms with Crippen LogP contribution in [0.2, 0.25) is 13.1 Å². The van der Waals surface area contributed by atoms with Crippen molar-refractivity contribution in [1.29, 1.82) is 0 Å². The predicted octanol–water partition coefficient (Wildman–Crippen LogP) is 2.71. The quantitative estimate of drug-likeness (QED) is 0.698. The molecule has 15 heavy (non-hydrogen) atoms. The Labute approximate surface area is 92.4 Å². The Balaban J connectivity index is 2.42. The van der Waals surface area contributed by atoms with Crippen molar-refractivity contribution >= 4 is 14.0 Å². The summed E-state index contributed by atoms with van der Waals surface area (Å²) < 4.78 is 0. The molecule has 0 bridgehead atoms. The highest BCUT2D eigenvalue weighted by Gasteiger charge is 2.03. The SMILES string of the molecule is C[Si](C)c1cccc(-c2ccccn2)c1. The Hall–Kier alpha value is -1.41. The average Bonchev–Trinajstić information content (AvgIpc) is 2.30. The van der Waals surface area contributed by atoms with Gasteiger partial charge in [0.15, 0.2) is 0 Å². The van der Waals surface area contributed by atoms with E-state index in [-0.39, 0.29) is 8.80 Å². The van der Waals surface area contributed by atoms with Gasteiger partial charge in [-0.3, -0.25) is 4.98 Å². The summed E-state index contributed by atoms with van der Waals surface area (Å²) in [7, 11) is -0.369. The minimum Gasteiger partial charge on any atom is -0.256 e. The molecular formula is C13H14NSi. The van der Waals surface area contributed by atoms with E-state index in [1.807, 2.05) is 18.3 Å².